The first kappa shape index (κ1) is 7.53. The molecule has 66 valence electrons. The van der Waals surface area contributed by atoms with Gasteiger partial charge in [-0.15, -0.1) is 0 Å². The smallest absolute Gasteiger partial charge is 0.342 e. The normalized spacial score (nSPS) is 10.5. The lowest BCUT2D eigenvalue weighted by Crippen LogP contribution is -2.22. The second-order valence-corrected chi connectivity index (χ2v) is 2.44. The Morgan fingerprint density at radius 2 is 2.38 bits per heavy atom. The van der Waals surface area contributed by atoms with Gasteiger partial charge in [-0.25, -0.2) is 4.79 Å². The molecule has 0 fully saturated rings. The molecule has 0 saturated heterocycles. The number of aromatic carboxylic acids is 1. The predicted octanol–water partition coefficient (Wildman–Crippen LogP) is -0.279. The number of fused-ring (bicyclic) bond motifs is 1. The molecule has 2 N–H and O–H groups in total. The lowest BCUT2D eigenvalue weighted by Gasteiger charge is -1.94. The van der Waals surface area contributed by atoms with Crippen LogP contribution in [0, 0.1) is 0 Å². The molecule has 0 saturated carbocycles. The maximum Gasteiger partial charge on any atom is 0.342 e. The molecule has 6 heteroatoms. The third-order valence-electron chi connectivity index (χ3n) is 1.66. The SMILES string of the molecule is O=C(O)c1c[nH]c2ccnn2c1=O. The molecule has 0 aliphatic heterocycles. The van der Waals surface area contributed by atoms with Crippen LogP contribution in [0.15, 0.2) is 23.3 Å². The van der Waals surface area contributed by atoms with E-state index in [0.29, 0.717) is 5.65 Å². The van der Waals surface area contributed by atoms with Crippen molar-refractivity contribution in [2.45, 2.75) is 0 Å². The number of carboxylic acid groups (broad SMARTS) is 1. The first-order chi connectivity index (χ1) is 6.20. The largest absolute Gasteiger partial charge is 0.477 e. The van der Waals surface area contributed by atoms with Gasteiger partial charge in [0.05, 0.1) is 6.20 Å². The van der Waals surface area contributed by atoms with Crippen LogP contribution in [0.1, 0.15) is 10.4 Å². The molecule has 0 spiro atoms. The summed E-state index contributed by atoms with van der Waals surface area (Å²) in [7, 11) is 0. The van der Waals surface area contributed by atoms with E-state index in [1.165, 1.54) is 6.20 Å². The van der Waals surface area contributed by atoms with Crippen molar-refractivity contribution in [3.05, 3.63) is 34.4 Å². The van der Waals surface area contributed by atoms with Crippen LogP contribution in [0.5, 0.6) is 0 Å². The standard InChI is InChI=1S/C7H5N3O3/c11-6-4(7(12)13)3-8-5-1-2-9-10(5)6/h1-3,8H,(H,12,13). The Morgan fingerprint density at radius 3 is 3.08 bits per heavy atom. The van der Waals surface area contributed by atoms with Crippen molar-refractivity contribution in [3.8, 4) is 0 Å². The van der Waals surface area contributed by atoms with Gasteiger partial charge in [0.1, 0.15) is 11.2 Å². The van der Waals surface area contributed by atoms with E-state index in [1.54, 1.807) is 6.07 Å². The number of hydrogen-bond donors (Lipinski definition) is 2. The van der Waals surface area contributed by atoms with Crippen LogP contribution in [0.2, 0.25) is 0 Å². The Hall–Kier alpha value is -2.11. The first-order valence-electron chi connectivity index (χ1n) is 3.49. The monoisotopic (exact) mass is 179 g/mol. The fourth-order valence-corrected chi connectivity index (χ4v) is 1.05. The first-order valence-corrected chi connectivity index (χ1v) is 3.49. The summed E-state index contributed by atoms with van der Waals surface area (Å²) in [5.41, 5.74) is -0.488. The third-order valence-corrected chi connectivity index (χ3v) is 1.66. The second-order valence-electron chi connectivity index (χ2n) is 2.44. The van der Waals surface area contributed by atoms with Crippen molar-refractivity contribution >= 4 is 11.6 Å². The molecule has 0 unspecified atom stereocenters. The maximum absolute atomic E-state index is 11.3. The van der Waals surface area contributed by atoms with Crippen LogP contribution in [0.25, 0.3) is 5.65 Å². The number of nitrogens with zero attached hydrogens (tertiary/aromatic N) is 2. The minimum atomic E-state index is -1.27. The van der Waals surface area contributed by atoms with E-state index in [9.17, 15) is 9.59 Å². The Bertz CT molecular complexity index is 525. The maximum atomic E-state index is 11.3. The van der Waals surface area contributed by atoms with Gasteiger partial charge in [0, 0.05) is 12.3 Å². The Balaban J connectivity index is 2.89. The van der Waals surface area contributed by atoms with Gasteiger partial charge < -0.3 is 10.1 Å². The molecule has 0 radical (unpaired) electrons. The highest BCUT2D eigenvalue weighted by atomic mass is 16.4. The fourth-order valence-electron chi connectivity index (χ4n) is 1.05. The number of aromatic amines is 1. The zero-order chi connectivity index (χ0) is 9.42. The topological polar surface area (TPSA) is 87.5 Å². The average molecular weight is 179 g/mol. The number of carboxylic acids is 1. The highest BCUT2D eigenvalue weighted by molar-refractivity contribution is 5.86. The third kappa shape index (κ3) is 0.994. The number of H-pyrrole nitrogens is 1. The number of rotatable bonds is 1. The molecule has 2 rings (SSSR count). The average Bonchev–Trinajstić information content (AvgIpc) is 2.52. The van der Waals surface area contributed by atoms with Crippen LogP contribution >= 0.6 is 0 Å². The minimum Gasteiger partial charge on any atom is -0.477 e. The molecular weight excluding hydrogens is 174 g/mol. The number of carbonyl (C=O) groups is 1. The molecule has 0 aromatic carbocycles. The number of aromatic nitrogens is 3. The van der Waals surface area contributed by atoms with E-state index in [0.717, 1.165) is 10.7 Å². The second kappa shape index (κ2) is 2.44. The molecule has 0 aliphatic carbocycles. The summed E-state index contributed by atoms with van der Waals surface area (Å²) in [6, 6.07) is 1.58. The molecular formula is C7H5N3O3. The summed E-state index contributed by atoms with van der Waals surface area (Å²) >= 11 is 0. The van der Waals surface area contributed by atoms with Gasteiger partial charge in [-0.05, 0) is 0 Å². The van der Waals surface area contributed by atoms with Gasteiger partial charge in [-0.3, -0.25) is 4.79 Å². The summed E-state index contributed by atoms with van der Waals surface area (Å²) in [6.45, 7) is 0. The summed E-state index contributed by atoms with van der Waals surface area (Å²) in [5.74, 6) is -1.27. The Morgan fingerprint density at radius 1 is 1.62 bits per heavy atom. The predicted molar refractivity (Wildman–Crippen MR) is 42.8 cm³/mol. The molecule has 2 heterocycles. The van der Waals surface area contributed by atoms with Crippen molar-refractivity contribution < 1.29 is 9.90 Å². The van der Waals surface area contributed by atoms with Crippen LogP contribution in [-0.4, -0.2) is 25.7 Å². The zero-order valence-corrected chi connectivity index (χ0v) is 6.39. The summed E-state index contributed by atoms with van der Waals surface area (Å²) in [5, 5.41) is 12.3. The number of hydrogen-bond acceptors (Lipinski definition) is 3. The van der Waals surface area contributed by atoms with Crippen molar-refractivity contribution in [1.82, 2.24) is 14.6 Å². The lowest BCUT2D eigenvalue weighted by atomic mass is 10.3. The Labute approximate surface area is 71.4 Å². The molecule has 0 atom stereocenters. The highest BCUT2D eigenvalue weighted by Crippen LogP contribution is 1.95. The van der Waals surface area contributed by atoms with E-state index in [2.05, 4.69) is 10.1 Å². The van der Waals surface area contributed by atoms with E-state index < -0.39 is 11.5 Å². The van der Waals surface area contributed by atoms with Gasteiger partial charge in [-0.2, -0.15) is 9.61 Å². The molecule has 0 amide bonds. The summed E-state index contributed by atoms with van der Waals surface area (Å²) in [6.07, 6.45) is 2.57. The van der Waals surface area contributed by atoms with E-state index in [4.69, 9.17) is 5.11 Å². The molecule has 6 nitrogen and oxygen atoms in total. The van der Waals surface area contributed by atoms with Crippen LogP contribution in [-0.2, 0) is 0 Å². The van der Waals surface area contributed by atoms with Crippen molar-refractivity contribution in [2.75, 3.05) is 0 Å². The van der Waals surface area contributed by atoms with Gasteiger partial charge in [-0.1, -0.05) is 0 Å². The van der Waals surface area contributed by atoms with E-state index >= 15 is 0 Å². The lowest BCUT2D eigenvalue weighted by molar-refractivity contribution is 0.0694. The molecule has 2 aromatic heterocycles. The van der Waals surface area contributed by atoms with E-state index in [-0.39, 0.29) is 5.56 Å². The van der Waals surface area contributed by atoms with Crippen LogP contribution in [0.3, 0.4) is 0 Å². The van der Waals surface area contributed by atoms with Crippen molar-refractivity contribution in [3.63, 3.8) is 0 Å². The van der Waals surface area contributed by atoms with Gasteiger partial charge in [0.2, 0.25) is 0 Å². The van der Waals surface area contributed by atoms with Crippen LogP contribution in [0.4, 0.5) is 0 Å². The van der Waals surface area contributed by atoms with Crippen molar-refractivity contribution in [1.29, 1.82) is 0 Å². The quantitative estimate of drug-likeness (QED) is 0.630. The van der Waals surface area contributed by atoms with Gasteiger partial charge >= 0.3 is 5.97 Å². The van der Waals surface area contributed by atoms with Gasteiger partial charge in [0.15, 0.2) is 0 Å². The van der Waals surface area contributed by atoms with E-state index in [1.807, 2.05) is 0 Å². The Kier molecular flexibility index (Phi) is 1.42. The molecule has 2 aromatic rings. The highest BCUT2D eigenvalue weighted by Gasteiger charge is 2.10. The van der Waals surface area contributed by atoms with Gasteiger partial charge in [0.25, 0.3) is 5.56 Å². The van der Waals surface area contributed by atoms with Crippen LogP contribution < -0.4 is 5.56 Å². The minimum absolute atomic E-state index is 0.323. The molecule has 0 bridgehead atoms. The molecule has 0 aliphatic rings. The summed E-state index contributed by atoms with van der Waals surface area (Å²) < 4.78 is 1.00. The zero-order valence-electron chi connectivity index (χ0n) is 6.39. The number of nitrogens with one attached hydrogen (secondary N) is 1. The van der Waals surface area contributed by atoms with Crippen molar-refractivity contribution in [2.24, 2.45) is 0 Å². The summed E-state index contributed by atoms with van der Waals surface area (Å²) in [4.78, 5) is 24.5. The molecule has 13 heavy (non-hydrogen) atoms. The fraction of sp³-hybridized carbons (Fsp3) is 0.